The molecule has 0 aromatic heterocycles. The molecule has 1 fully saturated rings. The highest BCUT2D eigenvalue weighted by Gasteiger charge is 2.38. The summed E-state index contributed by atoms with van der Waals surface area (Å²) in [6.45, 7) is -3.28. The fraction of sp³-hybridized carbons (Fsp3) is 0.800. The average molecular weight is 620 g/mol. The van der Waals surface area contributed by atoms with Crippen molar-refractivity contribution in [3.63, 3.8) is 0 Å². The molecule has 0 bridgehead atoms. The number of aliphatic carboxylic acids is 4. The van der Waals surface area contributed by atoms with Gasteiger partial charge < -0.3 is 40.0 Å². The highest BCUT2D eigenvalue weighted by molar-refractivity contribution is 7.51. The van der Waals surface area contributed by atoms with Crippen molar-refractivity contribution in [2.45, 2.75) is 37.8 Å². The van der Waals surface area contributed by atoms with E-state index in [-0.39, 0.29) is 26.2 Å². The first-order valence-corrected chi connectivity index (χ1v) is 15.8. The van der Waals surface area contributed by atoms with Crippen molar-refractivity contribution in [3.05, 3.63) is 0 Å². The van der Waals surface area contributed by atoms with E-state index in [1.54, 1.807) is 0 Å². The second-order valence-corrected chi connectivity index (χ2v) is 12.9. The first-order chi connectivity index (χ1) is 18.4. The Kier molecular flexibility index (Phi) is 14.8. The fourth-order valence-corrected chi connectivity index (χ4v) is 6.48. The second kappa shape index (κ2) is 16.5. The topological polar surface area (TPSA) is 277 Å². The SMILES string of the molecule is O=C(O)CN(CCN(CP(=O)(O)O)[C@H]1CCCC[C@@H]1N(CCN(CC(=O)O)CC(=O)O)CP(=O)(O)O)CC(=O)O. The summed E-state index contributed by atoms with van der Waals surface area (Å²) in [7, 11) is -9.40. The molecule has 0 aromatic rings. The van der Waals surface area contributed by atoms with E-state index in [1.807, 2.05) is 0 Å². The van der Waals surface area contributed by atoms with Crippen LogP contribution in [0.25, 0.3) is 0 Å². The Morgan fingerprint density at radius 3 is 1.05 bits per heavy atom. The molecule has 8 N–H and O–H groups in total. The van der Waals surface area contributed by atoms with Gasteiger partial charge in [-0.15, -0.1) is 0 Å². The van der Waals surface area contributed by atoms with Gasteiger partial charge >= 0.3 is 39.1 Å². The molecule has 0 heterocycles. The molecule has 1 aliphatic rings. The molecule has 232 valence electrons. The van der Waals surface area contributed by atoms with Crippen molar-refractivity contribution in [2.75, 3.05) is 64.9 Å². The summed E-state index contributed by atoms with van der Waals surface area (Å²) >= 11 is 0. The van der Waals surface area contributed by atoms with E-state index in [2.05, 4.69) is 0 Å². The normalized spacial score (nSPS) is 18.5. The molecule has 0 aromatic carbocycles. The lowest BCUT2D eigenvalue weighted by Gasteiger charge is -2.45. The molecule has 2 atom stereocenters. The number of hydrogen-bond acceptors (Lipinski definition) is 10. The lowest BCUT2D eigenvalue weighted by molar-refractivity contribution is -0.144. The Morgan fingerprint density at radius 1 is 0.550 bits per heavy atom. The predicted molar refractivity (Wildman–Crippen MR) is 137 cm³/mol. The summed E-state index contributed by atoms with van der Waals surface area (Å²) in [5.41, 5.74) is 0. The first-order valence-electron chi connectivity index (χ1n) is 12.3. The second-order valence-electron chi connectivity index (χ2n) is 9.65. The number of nitrogens with zero attached hydrogens (tertiary/aromatic N) is 4. The Balaban J connectivity index is 3.29. The van der Waals surface area contributed by atoms with Crippen molar-refractivity contribution in [3.8, 4) is 0 Å². The molecule has 1 rings (SSSR count). The van der Waals surface area contributed by atoms with Crippen molar-refractivity contribution in [1.82, 2.24) is 19.6 Å². The quantitative estimate of drug-likeness (QED) is 0.0691. The van der Waals surface area contributed by atoms with E-state index in [0.29, 0.717) is 25.7 Å². The van der Waals surface area contributed by atoms with Crippen molar-refractivity contribution >= 4 is 39.1 Å². The maximum atomic E-state index is 12.0. The van der Waals surface area contributed by atoms with Crippen LogP contribution < -0.4 is 0 Å². The minimum absolute atomic E-state index is 0.166. The van der Waals surface area contributed by atoms with Crippen molar-refractivity contribution in [1.29, 1.82) is 0 Å². The summed E-state index contributed by atoms with van der Waals surface area (Å²) in [5, 5.41) is 36.4. The molecule has 0 saturated heterocycles. The van der Waals surface area contributed by atoms with Crippen LogP contribution in [0.4, 0.5) is 0 Å². The standard InChI is InChI=1S/C20H38N4O14P2/c25-17(26)9-21(10-18(27)28)5-7-23(13-39(33,34)35)15-3-1-2-4-16(15)24(14-40(36,37)38)8-6-22(11-19(29)30)12-20(31)32/h15-16H,1-14H2,(H,25,26)(H,27,28)(H,29,30)(H,31,32)(H2,33,34,35)(H2,36,37,38)/t15-,16-/m0/s1. The minimum Gasteiger partial charge on any atom is -0.480 e. The maximum Gasteiger partial charge on any atom is 0.339 e. The number of carboxylic acids is 4. The van der Waals surface area contributed by atoms with Crippen molar-refractivity contribution in [2.24, 2.45) is 0 Å². The minimum atomic E-state index is -4.70. The van der Waals surface area contributed by atoms with E-state index in [1.165, 1.54) is 9.80 Å². The van der Waals surface area contributed by atoms with Gasteiger partial charge in [0.1, 0.15) is 12.6 Å². The smallest absolute Gasteiger partial charge is 0.339 e. The van der Waals surface area contributed by atoms with Crippen LogP contribution in [0.3, 0.4) is 0 Å². The van der Waals surface area contributed by atoms with Crippen LogP contribution in [0.15, 0.2) is 0 Å². The molecule has 1 saturated carbocycles. The Labute approximate surface area is 230 Å². The van der Waals surface area contributed by atoms with Gasteiger partial charge in [-0.2, -0.15) is 0 Å². The maximum absolute atomic E-state index is 12.0. The summed E-state index contributed by atoms with van der Waals surface area (Å²) in [5.74, 6) is -5.23. The molecule has 0 spiro atoms. The Bertz CT molecular complexity index is 865. The van der Waals surface area contributed by atoms with E-state index in [9.17, 15) is 47.9 Å². The lowest BCUT2D eigenvalue weighted by atomic mass is 9.88. The highest BCUT2D eigenvalue weighted by atomic mass is 31.2. The molecule has 1 aliphatic carbocycles. The zero-order chi connectivity index (χ0) is 30.7. The third-order valence-electron chi connectivity index (χ3n) is 6.21. The first kappa shape index (κ1) is 36.0. The van der Waals surface area contributed by atoms with E-state index in [4.69, 9.17) is 20.4 Å². The van der Waals surface area contributed by atoms with Crippen LogP contribution in [0, 0.1) is 0 Å². The van der Waals surface area contributed by atoms with Gasteiger partial charge in [-0.05, 0) is 12.8 Å². The van der Waals surface area contributed by atoms with Gasteiger partial charge in [0, 0.05) is 38.3 Å². The third kappa shape index (κ3) is 15.7. The largest absolute Gasteiger partial charge is 0.480 e. The summed E-state index contributed by atoms with van der Waals surface area (Å²) in [6.07, 6.45) is 0.315. The molecular weight excluding hydrogens is 582 g/mol. The molecule has 18 nitrogen and oxygen atoms in total. The monoisotopic (exact) mass is 620 g/mol. The van der Waals surface area contributed by atoms with Crippen LogP contribution in [0.2, 0.25) is 0 Å². The number of carboxylic acid groups (broad SMARTS) is 4. The molecule has 0 aliphatic heterocycles. The van der Waals surface area contributed by atoms with Crippen LogP contribution in [0.5, 0.6) is 0 Å². The zero-order valence-electron chi connectivity index (χ0n) is 21.8. The molecule has 40 heavy (non-hydrogen) atoms. The average Bonchev–Trinajstić information content (AvgIpc) is 2.76. The van der Waals surface area contributed by atoms with Gasteiger partial charge in [0.2, 0.25) is 0 Å². The van der Waals surface area contributed by atoms with Crippen molar-refractivity contribution < 1.29 is 68.3 Å². The molecule has 0 unspecified atom stereocenters. The van der Waals surface area contributed by atoms with E-state index >= 15 is 0 Å². The van der Waals surface area contributed by atoms with Gasteiger partial charge in [-0.3, -0.25) is 47.9 Å². The summed E-state index contributed by atoms with van der Waals surface area (Å²) in [4.78, 5) is 88.5. The number of carbonyl (C=O) groups is 4. The zero-order valence-corrected chi connectivity index (χ0v) is 23.6. The summed E-state index contributed by atoms with van der Waals surface area (Å²) < 4.78 is 24.0. The van der Waals surface area contributed by atoms with Gasteiger partial charge in [-0.25, -0.2) is 0 Å². The molecule has 0 amide bonds. The molecular formula is C20H38N4O14P2. The van der Waals surface area contributed by atoms with E-state index < -0.39 is 89.9 Å². The number of rotatable bonds is 20. The van der Waals surface area contributed by atoms with Crippen LogP contribution in [0.1, 0.15) is 25.7 Å². The molecule has 20 heteroatoms. The van der Waals surface area contributed by atoms with Gasteiger partial charge in [-0.1, -0.05) is 12.8 Å². The third-order valence-corrected chi connectivity index (χ3v) is 7.67. The van der Waals surface area contributed by atoms with Crippen LogP contribution in [-0.2, 0) is 28.3 Å². The van der Waals surface area contributed by atoms with Crippen LogP contribution >= 0.6 is 15.2 Å². The van der Waals surface area contributed by atoms with Gasteiger partial charge in [0.05, 0.1) is 26.2 Å². The molecule has 0 radical (unpaired) electrons. The lowest BCUT2D eigenvalue weighted by Crippen LogP contribution is -2.56. The Morgan fingerprint density at radius 2 is 0.825 bits per heavy atom. The van der Waals surface area contributed by atoms with Gasteiger partial charge in [0.15, 0.2) is 0 Å². The highest BCUT2D eigenvalue weighted by Crippen LogP contribution is 2.41. The summed E-state index contributed by atoms with van der Waals surface area (Å²) in [6, 6.07) is -1.39. The predicted octanol–water partition coefficient (Wildman–Crippen LogP) is -1.89. The fourth-order valence-electron chi connectivity index (χ4n) is 4.83. The number of hydrogen-bond donors (Lipinski definition) is 8. The Hall–Kier alpha value is -1.98. The van der Waals surface area contributed by atoms with Crippen LogP contribution in [-0.4, -0.2) is 160 Å². The van der Waals surface area contributed by atoms with Gasteiger partial charge in [0.25, 0.3) is 0 Å². The van der Waals surface area contributed by atoms with E-state index in [0.717, 1.165) is 9.80 Å².